The van der Waals surface area contributed by atoms with E-state index < -0.39 is 22.7 Å². The van der Waals surface area contributed by atoms with E-state index in [1.54, 1.807) is 24.3 Å². The molecule has 8 nitrogen and oxygen atoms in total. The number of imide groups is 1. The largest absolute Gasteiger partial charge is 0.488 e. The van der Waals surface area contributed by atoms with Crippen molar-refractivity contribution < 1.29 is 23.6 Å². The molecule has 1 heterocycles. The minimum absolute atomic E-state index is 0.00131. The van der Waals surface area contributed by atoms with Crippen molar-refractivity contribution in [3.8, 4) is 5.75 Å². The Morgan fingerprint density at radius 3 is 2.35 bits per heavy atom. The van der Waals surface area contributed by atoms with Crippen LogP contribution in [0.5, 0.6) is 5.75 Å². The van der Waals surface area contributed by atoms with Gasteiger partial charge < -0.3 is 10.1 Å². The summed E-state index contributed by atoms with van der Waals surface area (Å²) < 4.78 is 19.3. The van der Waals surface area contributed by atoms with Crippen LogP contribution < -0.4 is 10.1 Å². The highest BCUT2D eigenvalue weighted by Crippen LogP contribution is 2.32. The average Bonchev–Trinajstić information content (AvgIpc) is 3.17. The van der Waals surface area contributed by atoms with Crippen molar-refractivity contribution in [2.24, 2.45) is 0 Å². The van der Waals surface area contributed by atoms with Crippen molar-refractivity contribution in [2.75, 3.05) is 0 Å². The van der Waals surface area contributed by atoms with Gasteiger partial charge in [-0.3, -0.25) is 19.8 Å². The Labute approximate surface area is 210 Å². The summed E-state index contributed by atoms with van der Waals surface area (Å²) in [4.78, 5) is 37.2. The fraction of sp³-hybridized carbons (Fsp3) is 0.0714. The Balaban J connectivity index is 1.44. The van der Waals surface area contributed by atoms with Crippen molar-refractivity contribution in [1.29, 1.82) is 0 Å². The van der Waals surface area contributed by atoms with Crippen LogP contribution in [-0.4, -0.2) is 21.8 Å². The number of fused-ring (bicyclic) bond motifs is 1. The number of hydrogen-bond acceptors (Lipinski definition) is 5. The Hall–Kier alpha value is -5.05. The van der Waals surface area contributed by atoms with E-state index in [2.05, 4.69) is 5.32 Å². The van der Waals surface area contributed by atoms with E-state index in [1.807, 2.05) is 30.3 Å². The van der Waals surface area contributed by atoms with Crippen LogP contribution in [-0.2, 0) is 17.9 Å². The van der Waals surface area contributed by atoms with Crippen molar-refractivity contribution >= 4 is 34.5 Å². The molecule has 5 rings (SSSR count). The maximum absolute atomic E-state index is 13.2. The Kier molecular flexibility index (Phi) is 6.34. The molecule has 1 aliphatic rings. The molecule has 4 aromatic rings. The van der Waals surface area contributed by atoms with E-state index >= 15 is 0 Å². The molecule has 1 aliphatic heterocycles. The first-order valence-corrected chi connectivity index (χ1v) is 11.4. The van der Waals surface area contributed by atoms with Gasteiger partial charge in [-0.25, -0.2) is 9.18 Å². The zero-order valence-electron chi connectivity index (χ0n) is 19.4. The molecule has 0 radical (unpaired) electrons. The molecule has 1 N–H and O–H groups in total. The Morgan fingerprint density at radius 2 is 1.62 bits per heavy atom. The number of rotatable bonds is 7. The van der Waals surface area contributed by atoms with Crippen LogP contribution in [0.3, 0.4) is 0 Å². The number of halogens is 1. The quantitative estimate of drug-likeness (QED) is 0.156. The summed E-state index contributed by atoms with van der Waals surface area (Å²) in [6.07, 6.45) is 1.58. The van der Waals surface area contributed by atoms with Crippen LogP contribution in [0, 0.1) is 15.9 Å². The summed E-state index contributed by atoms with van der Waals surface area (Å²) in [6, 6.07) is 22.3. The van der Waals surface area contributed by atoms with Crippen LogP contribution in [0.15, 0.2) is 90.6 Å². The lowest BCUT2D eigenvalue weighted by Crippen LogP contribution is -2.30. The lowest BCUT2D eigenvalue weighted by molar-refractivity contribution is -0.384. The number of urea groups is 1. The summed E-state index contributed by atoms with van der Waals surface area (Å²) in [5.74, 6) is -0.439. The number of ether oxygens (including phenoxy) is 1. The van der Waals surface area contributed by atoms with Crippen molar-refractivity contribution in [3.63, 3.8) is 0 Å². The lowest BCUT2D eigenvalue weighted by atomic mass is 10.0. The molecule has 0 aliphatic carbocycles. The smallest absolute Gasteiger partial charge is 0.329 e. The van der Waals surface area contributed by atoms with Gasteiger partial charge in [-0.2, -0.15) is 0 Å². The van der Waals surface area contributed by atoms with Gasteiger partial charge in [-0.1, -0.05) is 42.5 Å². The molecule has 0 saturated carbocycles. The number of non-ortho nitro benzene ring substituents is 1. The second-order valence-electron chi connectivity index (χ2n) is 8.42. The number of benzene rings is 4. The molecule has 0 aromatic heterocycles. The molecule has 0 unspecified atom stereocenters. The maximum atomic E-state index is 13.2. The van der Waals surface area contributed by atoms with Crippen molar-refractivity contribution in [1.82, 2.24) is 10.2 Å². The molecule has 37 heavy (non-hydrogen) atoms. The van der Waals surface area contributed by atoms with Crippen molar-refractivity contribution in [3.05, 3.63) is 123 Å². The molecular weight excluding hydrogens is 477 g/mol. The minimum atomic E-state index is -0.575. The SMILES string of the molecule is O=C1N/C(=C\c2c(OCc3ccc([N+](=O)[O-])cc3)ccc3ccccc23)C(=O)N1Cc1ccc(F)cc1. The molecule has 0 atom stereocenters. The first kappa shape index (κ1) is 23.7. The number of nitro groups is 1. The third-order valence-corrected chi connectivity index (χ3v) is 5.98. The molecule has 1 saturated heterocycles. The average molecular weight is 497 g/mol. The monoisotopic (exact) mass is 497 g/mol. The summed E-state index contributed by atoms with van der Waals surface area (Å²) in [5.41, 5.74) is 2.02. The Morgan fingerprint density at radius 1 is 0.919 bits per heavy atom. The second-order valence-corrected chi connectivity index (χ2v) is 8.42. The third kappa shape index (κ3) is 5.01. The van der Waals surface area contributed by atoms with Gasteiger partial charge >= 0.3 is 6.03 Å². The highest BCUT2D eigenvalue weighted by atomic mass is 19.1. The number of amides is 3. The van der Waals surface area contributed by atoms with Gasteiger partial charge in [0.1, 0.15) is 23.9 Å². The number of nitrogens with zero attached hydrogens (tertiary/aromatic N) is 2. The van der Waals surface area contributed by atoms with E-state index in [9.17, 15) is 24.1 Å². The van der Waals surface area contributed by atoms with Gasteiger partial charge in [0, 0.05) is 17.7 Å². The molecule has 0 bridgehead atoms. The summed E-state index contributed by atoms with van der Waals surface area (Å²) in [6.45, 7) is 0.144. The van der Waals surface area contributed by atoms with Gasteiger partial charge in [0.05, 0.1) is 11.5 Å². The molecule has 184 valence electrons. The number of carbonyl (C=O) groups excluding carboxylic acids is 2. The number of carbonyl (C=O) groups is 2. The number of nitro benzene ring substituents is 1. The second kappa shape index (κ2) is 9.90. The van der Waals surface area contributed by atoms with Crippen LogP contribution in [0.4, 0.5) is 14.9 Å². The number of hydrogen-bond donors (Lipinski definition) is 1. The fourth-order valence-electron chi connectivity index (χ4n) is 4.06. The standard InChI is InChI=1S/C28H20FN3O5/c29-21-10-5-18(6-11-21)16-31-27(33)25(30-28(31)34)15-24-23-4-2-1-3-20(23)9-14-26(24)37-17-19-7-12-22(13-8-19)32(35)36/h1-15H,16-17H2,(H,30,34)/b25-15-. The van der Waals surface area contributed by atoms with Gasteiger partial charge in [-0.05, 0) is 58.3 Å². The molecule has 1 fully saturated rings. The zero-order chi connectivity index (χ0) is 25.9. The minimum Gasteiger partial charge on any atom is -0.488 e. The van der Waals surface area contributed by atoms with E-state index in [-0.39, 0.29) is 24.5 Å². The Bertz CT molecular complexity index is 1550. The first-order chi connectivity index (χ1) is 17.9. The molecule has 9 heteroatoms. The molecular formula is C28H20FN3O5. The predicted octanol–water partition coefficient (Wildman–Crippen LogP) is 5.56. The highest BCUT2D eigenvalue weighted by molar-refractivity contribution is 6.14. The fourth-order valence-corrected chi connectivity index (χ4v) is 4.06. The van der Waals surface area contributed by atoms with Gasteiger partial charge in [0.25, 0.3) is 11.6 Å². The highest BCUT2D eigenvalue weighted by Gasteiger charge is 2.33. The van der Waals surface area contributed by atoms with E-state index in [1.165, 1.54) is 36.4 Å². The van der Waals surface area contributed by atoms with Crippen LogP contribution >= 0.6 is 0 Å². The molecule has 4 aromatic carbocycles. The van der Waals surface area contributed by atoms with E-state index in [4.69, 9.17) is 4.74 Å². The lowest BCUT2D eigenvalue weighted by Gasteiger charge is -2.13. The zero-order valence-corrected chi connectivity index (χ0v) is 19.4. The maximum Gasteiger partial charge on any atom is 0.329 e. The topological polar surface area (TPSA) is 102 Å². The predicted molar refractivity (Wildman–Crippen MR) is 135 cm³/mol. The molecule has 3 amide bonds. The van der Waals surface area contributed by atoms with Crippen LogP contribution in [0.2, 0.25) is 0 Å². The first-order valence-electron chi connectivity index (χ1n) is 11.4. The van der Waals surface area contributed by atoms with E-state index in [0.717, 1.165) is 21.2 Å². The van der Waals surface area contributed by atoms with Crippen LogP contribution in [0.1, 0.15) is 16.7 Å². The summed E-state index contributed by atoms with van der Waals surface area (Å²) in [7, 11) is 0. The van der Waals surface area contributed by atoms with Crippen molar-refractivity contribution in [2.45, 2.75) is 13.2 Å². The third-order valence-electron chi connectivity index (χ3n) is 5.98. The normalized spacial score (nSPS) is 14.3. The van der Waals surface area contributed by atoms with E-state index in [0.29, 0.717) is 16.9 Å². The van der Waals surface area contributed by atoms with Gasteiger partial charge in [0.15, 0.2) is 0 Å². The van der Waals surface area contributed by atoms with Crippen LogP contribution in [0.25, 0.3) is 16.8 Å². The van der Waals surface area contributed by atoms with Gasteiger partial charge in [-0.15, -0.1) is 0 Å². The molecule has 0 spiro atoms. The summed E-state index contributed by atoms with van der Waals surface area (Å²) in [5, 5.41) is 15.3. The number of nitrogens with one attached hydrogen (secondary N) is 1. The summed E-state index contributed by atoms with van der Waals surface area (Å²) >= 11 is 0. The van der Waals surface area contributed by atoms with Gasteiger partial charge in [0.2, 0.25) is 0 Å².